The number of ether oxygens (including phenoxy) is 1. The zero-order chi connectivity index (χ0) is 23.2. The Labute approximate surface area is 200 Å². The number of esters is 1. The van der Waals surface area contributed by atoms with Crippen molar-refractivity contribution < 1.29 is 14.3 Å². The van der Waals surface area contributed by atoms with Crippen molar-refractivity contribution in [2.45, 2.75) is 58.3 Å². The number of urea groups is 1. The van der Waals surface area contributed by atoms with Gasteiger partial charge in [-0.05, 0) is 24.0 Å². The number of nitrogens with zero attached hydrogens (tertiary/aromatic N) is 2. The summed E-state index contributed by atoms with van der Waals surface area (Å²) in [5.41, 5.74) is 2.95. The lowest BCUT2D eigenvalue weighted by Crippen LogP contribution is -2.35. The Morgan fingerprint density at radius 1 is 0.939 bits per heavy atom. The van der Waals surface area contributed by atoms with Crippen molar-refractivity contribution >= 4 is 23.8 Å². The fourth-order valence-electron chi connectivity index (χ4n) is 4.60. The minimum atomic E-state index is -0.226. The number of hydrogen-bond acceptors (Lipinski definition) is 4. The van der Waals surface area contributed by atoms with Gasteiger partial charge >= 0.3 is 12.0 Å². The van der Waals surface area contributed by atoms with Crippen LogP contribution in [-0.4, -0.2) is 46.2 Å². The first-order valence-electron chi connectivity index (χ1n) is 11.8. The van der Waals surface area contributed by atoms with Crippen molar-refractivity contribution in [3.63, 3.8) is 0 Å². The Bertz CT molecular complexity index is 993. The van der Waals surface area contributed by atoms with Crippen LogP contribution in [0.5, 0.6) is 0 Å². The first-order chi connectivity index (χ1) is 16.1. The van der Waals surface area contributed by atoms with Gasteiger partial charge in [-0.2, -0.15) is 0 Å². The van der Waals surface area contributed by atoms with E-state index in [1.807, 2.05) is 53.1 Å². The summed E-state index contributed by atoms with van der Waals surface area (Å²) in [4.78, 5) is 31.6. The van der Waals surface area contributed by atoms with Gasteiger partial charge in [0.1, 0.15) is 0 Å². The zero-order valence-corrected chi connectivity index (χ0v) is 20.2. The number of hydrogen-bond donors (Lipinski definition) is 0. The number of amides is 2. The van der Waals surface area contributed by atoms with Gasteiger partial charge in [-0.1, -0.05) is 80.9 Å². The molecule has 0 spiro atoms. The van der Waals surface area contributed by atoms with E-state index >= 15 is 0 Å². The largest absolute Gasteiger partial charge is 0.462 e. The number of thioether (sulfide) groups is 1. The van der Waals surface area contributed by atoms with Crippen LogP contribution in [0.1, 0.15) is 44.2 Å². The molecule has 174 valence electrons. The zero-order valence-electron chi connectivity index (χ0n) is 19.4. The molecule has 5 nitrogen and oxygen atoms in total. The Hall–Kier alpha value is -2.73. The molecule has 0 bridgehead atoms. The second kappa shape index (κ2) is 10.9. The van der Waals surface area contributed by atoms with Gasteiger partial charge in [0.2, 0.25) is 0 Å². The monoisotopic (exact) mass is 464 g/mol. The van der Waals surface area contributed by atoms with Crippen LogP contribution in [0.4, 0.5) is 4.79 Å². The van der Waals surface area contributed by atoms with Gasteiger partial charge in [0.25, 0.3) is 0 Å². The van der Waals surface area contributed by atoms with Crippen molar-refractivity contribution in [3.8, 4) is 0 Å². The first kappa shape index (κ1) is 23.4. The molecule has 2 fully saturated rings. The third-order valence-electron chi connectivity index (χ3n) is 6.14. The molecule has 2 saturated heterocycles. The van der Waals surface area contributed by atoms with E-state index in [0.717, 1.165) is 40.2 Å². The Balaban J connectivity index is 1.70. The lowest BCUT2D eigenvalue weighted by Gasteiger charge is -2.25. The topological polar surface area (TPSA) is 49.9 Å². The maximum atomic E-state index is 13.7. The van der Waals surface area contributed by atoms with Crippen LogP contribution in [0.15, 0.2) is 71.1 Å². The summed E-state index contributed by atoms with van der Waals surface area (Å²) in [5.74, 6) is 0.563. The van der Waals surface area contributed by atoms with Crippen molar-refractivity contribution in [3.05, 3.63) is 82.3 Å². The highest BCUT2D eigenvalue weighted by atomic mass is 32.2. The highest BCUT2D eigenvalue weighted by molar-refractivity contribution is 8.03. The van der Waals surface area contributed by atoms with Crippen molar-refractivity contribution in [1.29, 1.82) is 0 Å². The lowest BCUT2D eigenvalue weighted by molar-refractivity contribution is -0.139. The summed E-state index contributed by atoms with van der Waals surface area (Å²) in [7, 11) is 0. The average molecular weight is 465 g/mol. The maximum Gasteiger partial charge on any atom is 0.334 e. The third kappa shape index (κ3) is 5.11. The molecule has 33 heavy (non-hydrogen) atoms. The fraction of sp³-hybridized carbons (Fsp3) is 0.407. The van der Waals surface area contributed by atoms with Crippen molar-refractivity contribution in [2.24, 2.45) is 0 Å². The number of rotatable bonds is 9. The third-order valence-corrected chi connectivity index (χ3v) is 7.45. The van der Waals surface area contributed by atoms with E-state index in [0.29, 0.717) is 26.1 Å². The average Bonchev–Trinajstić information content (AvgIpc) is 3.37. The van der Waals surface area contributed by atoms with Crippen LogP contribution < -0.4 is 0 Å². The second-order valence-corrected chi connectivity index (χ2v) is 9.62. The summed E-state index contributed by atoms with van der Waals surface area (Å²) in [5, 5.41) is 0. The molecule has 2 amide bonds. The maximum absolute atomic E-state index is 13.7. The predicted octanol–water partition coefficient (Wildman–Crippen LogP) is 5.62. The van der Waals surface area contributed by atoms with E-state index in [1.54, 1.807) is 11.8 Å². The lowest BCUT2D eigenvalue weighted by atomic mass is 10.0. The number of benzene rings is 2. The molecule has 0 saturated carbocycles. The van der Waals surface area contributed by atoms with Crippen molar-refractivity contribution in [2.75, 3.05) is 12.4 Å². The molecule has 6 heteroatoms. The smallest absolute Gasteiger partial charge is 0.334 e. The molecule has 2 aliphatic rings. The molecule has 2 aromatic rings. The van der Waals surface area contributed by atoms with E-state index < -0.39 is 0 Å². The molecule has 0 aliphatic carbocycles. The number of carbonyl (C=O) groups excluding carboxylic acids is 2. The van der Waals surface area contributed by atoms with Gasteiger partial charge in [-0.3, -0.25) is 0 Å². The normalized spacial score (nSPS) is 21.3. The molecule has 0 radical (unpaired) electrons. The molecule has 0 aromatic heterocycles. The standard InChI is InChI=1S/C27H32N2O3S/c1-3-11-22(26(30)32-16-4-2)25-24-23(19-33-25)28(17-20-12-7-5-8-13-20)27(31)29(24)18-21-14-9-6-10-15-21/h5-10,12-15,23-24H,3-4,11,16-19H2,1-2H3/t23-,24-/m1/s1. The SMILES string of the molecule is CCCOC(=O)C(CCC)=C1SC[C@@H]2[C@H]1N(Cc1ccccc1)C(=O)N2Cc1ccccc1. The summed E-state index contributed by atoms with van der Waals surface area (Å²) in [6.07, 6.45) is 2.32. The van der Waals surface area contributed by atoms with E-state index in [2.05, 4.69) is 31.2 Å². The summed E-state index contributed by atoms with van der Waals surface area (Å²) < 4.78 is 5.54. The quantitative estimate of drug-likeness (QED) is 0.275. The van der Waals surface area contributed by atoms with E-state index in [4.69, 9.17) is 4.74 Å². The highest BCUT2D eigenvalue weighted by Gasteiger charge is 2.52. The number of carbonyl (C=O) groups is 2. The predicted molar refractivity (Wildman–Crippen MR) is 133 cm³/mol. The summed E-state index contributed by atoms with van der Waals surface area (Å²) >= 11 is 1.72. The van der Waals surface area contributed by atoms with Crippen LogP contribution in [-0.2, 0) is 22.6 Å². The van der Waals surface area contributed by atoms with Crippen LogP contribution in [0.2, 0.25) is 0 Å². The van der Waals surface area contributed by atoms with E-state index in [1.165, 1.54) is 0 Å². The molecule has 0 N–H and O–H groups in total. The van der Waals surface area contributed by atoms with Gasteiger partial charge in [-0.15, -0.1) is 11.8 Å². The molecule has 2 heterocycles. The number of fused-ring (bicyclic) bond motifs is 1. The molecule has 2 aliphatic heterocycles. The Morgan fingerprint density at radius 2 is 1.55 bits per heavy atom. The Morgan fingerprint density at radius 3 is 2.12 bits per heavy atom. The summed E-state index contributed by atoms with van der Waals surface area (Å²) in [6, 6.07) is 20.2. The minimum absolute atomic E-state index is 0.0345. The summed E-state index contributed by atoms with van der Waals surface area (Å²) in [6.45, 7) is 5.60. The van der Waals surface area contributed by atoms with Crippen LogP contribution in [0, 0.1) is 0 Å². The van der Waals surface area contributed by atoms with Gasteiger partial charge in [0.15, 0.2) is 0 Å². The fourth-order valence-corrected chi connectivity index (χ4v) is 6.12. The molecular weight excluding hydrogens is 432 g/mol. The van der Waals surface area contributed by atoms with E-state index in [9.17, 15) is 9.59 Å². The molecular formula is C27H32N2O3S. The van der Waals surface area contributed by atoms with Crippen LogP contribution in [0.3, 0.4) is 0 Å². The van der Waals surface area contributed by atoms with Gasteiger partial charge < -0.3 is 14.5 Å². The van der Waals surface area contributed by atoms with Crippen molar-refractivity contribution in [1.82, 2.24) is 9.80 Å². The van der Waals surface area contributed by atoms with Crippen LogP contribution in [0.25, 0.3) is 0 Å². The van der Waals surface area contributed by atoms with Gasteiger partial charge in [-0.25, -0.2) is 9.59 Å². The van der Waals surface area contributed by atoms with Crippen LogP contribution >= 0.6 is 11.8 Å². The molecule has 2 atom stereocenters. The molecule has 2 aromatic carbocycles. The highest BCUT2D eigenvalue weighted by Crippen LogP contribution is 2.45. The minimum Gasteiger partial charge on any atom is -0.462 e. The van der Waals surface area contributed by atoms with Gasteiger partial charge in [0.05, 0.1) is 18.7 Å². The first-order valence-corrected chi connectivity index (χ1v) is 12.8. The Kier molecular flexibility index (Phi) is 7.76. The van der Waals surface area contributed by atoms with Gasteiger partial charge in [0, 0.05) is 29.3 Å². The molecule has 0 unspecified atom stereocenters. The molecule has 4 rings (SSSR count). The second-order valence-electron chi connectivity index (χ2n) is 8.56. The van der Waals surface area contributed by atoms with E-state index in [-0.39, 0.29) is 24.1 Å².